The first-order valence-corrected chi connectivity index (χ1v) is 8.01. The highest BCUT2D eigenvalue weighted by atomic mass is 16.2. The number of hydrogen-bond acceptors (Lipinski definition) is 6. The molecule has 1 aliphatic heterocycles. The van der Waals surface area contributed by atoms with E-state index in [9.17, 15) is 4.79 Å². The summed E-state index contributed by atoms with van der Waals surface area (Å²) in [5, 5.41) is 17.5. The number of hydrogen-bond donors (Lipinski definition) is 3. The normalized spacial score (nSPS) is 16.2. The van der Waals surface area contributed by atoms with Crippen LogP contribution in [0.25, 0.3) is 0 Å². The summed E-state index contributed by atoms with van der Waals surface area (Å²) in [6.07, 6.45) is 2.55. The Kier molecular flexibility index (Phi) is 4.95. The minimum Gasteiger partial charge on any atom is -0.357 e. The van der Waals surface area contributed by atoms with Crippen LogP contribution in [-0.2, 0) is 0 Å². The third-order valence-electron chi connectivity index (χ3n) is 3.96. The number of rotatable bonds is 4. The summed E-state index contributed by atoms with van der Waals surface area (Å²) in [7, 11) is 1.78. The third kappa shape index (κ3) is 4.14. The van der Waals surface area contributed by atoms with Gasteiger partial charge in [-0.15, -0.1) is 0 Å². The lowest BCUT2D eigenvalue weighted by Gasteiger charge is -2.18. The van der Waals surface area contributed by atoms with Crippen LogP contribution >= 0.6 is 0 Å². The van der Waals surface area contributed by atoms with Gasteiger partial charge in [0.1, 0.15) is 5.82 Å². The molecule has 0 bridgehead atoms. The maximum Gasteiger partial charge on any atom is 0.319 e. The number of benzene rings is 1. The summed E-state index contributed by atoms with van der Waals surface area (Å²) >= 11 is 0. The lowest BCUT2D eigenvalue weighted by Crippen LogP contribution is -2.39. The lowest BCUT2D eigenvalue weighted by atomic mass is 10.2. The number of aromatic nitrogens is 2. The molecule has 1 aromatic heterocycles. The second-order valence-electron chi connectivity index (χ2n) is 5.71. The van der Waals surface area contributed by atoms with Crippen molar-refractivity contribution in [3.05, 3.63) is 42.1 Å². The van der Waals surface area contributed by atoms with Gasteiger partial charge in [0.25, 0.3) is 0 Å². The van der Waals surface area contributed by atoms with Gasteiger partial charge in [0.15, 0.2) is 0 Å². The first-order valence-electron chi connectivity index (χ1n) is 8.01. The van der Waals surface area contributed by atoms with E-state index in [2.05, 4.69) is 36.9 Å². The average molecular weight is 337 g/mol. The Morgan fingerprint density at radius 2 is 2.28 bits per heavy atom. The molecule has 3 rings (SSSR count). The van der Waals surface area contributed by atoms with Gasteiger partial charge >= 0.3 is 6.03 Å². The van der Waals surface area contributed by atoms with Gasteiger partial charge in [0, 0.05) is 38.1 Å². The molecule has 1 fully saturated rings. The van der Waals surface area contributed by atoms with E-state index < -0.39 is 0 Å². The van der Waals surface area contributed by atoms with E-state index in [1.807, 2.05) is 6.07 Å². The maximum atomic E-state index is 12.2. The van der Waals surface area contributed by atoms with E-state index in [1.54, 1.807) is 37.5 Å². The fraction of sp³-hybridized carbons (Fsp3) is 0.294. The van der Waals surface area contributed by atoms with Crippen LogP contribution in [0, 0.1) is 11.3 Å². The van der Waals surface area contributed by atoms with E-state index in [1.165, 1.54) is 0 Å². The number of carbonyl (C=O) groups is 1. The largest absolute Gasteiger partial charge is 0.357 e. The molecule has 0 spiro atoms. The Balaban J connectivity index is 1.55. The molecular formula is C17H19N7O. The molecule has 0 aliphatic carbocycles. The molecule has 2 aromatic rings. The molecule has 0 radical (unpaired) electrons. The second kappa shape index (κ2) is 7.49. The van der Waals surface area contributed by atoms with Crippen LogP contribution in [0.15, 0.2) is 36.5 Å². The monoisotopic (exact) mass is 337 g/mol. The summed E-state index contributed by atoms with van der Waals surface area (Å²) in [4.78, 5) is 22.8. The van der Waals surface area contributed by atoms with Crippen LogP contribution in [0.3, 0.4) is 0 Å². The van der Waals surface area contributed by atoms with Gasteiger partial charge in [-0.1, -0.05) is 6.07 Å². The molecule has 1 aromatic carbocycles. The number of amides is 2. The summed E-state index contributed by atoms with van der Waals surface area (Å²) < 4.78 is 0. The third-order valence-corrected chi connectivity index (χ3v) is 3.96. The van der Waals surface area contributed by atoms with Crippen molar-refractivity contribution in [2.45, 2.75) is 12.5 Å². The fourth-order valence-corrected chi connectivity index (χ4v) is 2.75. The molecular weight excluding hydrogens is 318 g/mol. The van der Waals surface area contributed by atoms with Crippen LogP contribution in [0.2, 0.25) is 0 Å². The zero-order valence-electron chi connectivity index (χ0n) is 13.9. The van der Waals surface area contributed by atoms with E-state index in [0.29, 0.717) is 23.7 Å². The van der Waals surface area contributed by atoms with Crippen LogP contribution in [-0.4, -0.2) is 42.2 Å². The van der Waals surface area contributed by atoms with Crippen molar-refractivity contribution < 1.29 is 4.79 Å². The summed E-state index contributed by atoms with van der Waals surface area (Å²) in [5.74, 6) is 1.41. The van der Waals surface area contributed by atoms with Crippen molar-refractivity contribution in [3.63, 3.8) is 0 Å². The van der Waals surface area contributed by atoms with Crippen LogP contribution in [0.1, 0.15) is 12.0 Å². The second-order valence-corrected chi connectivity index (χ2v) is 5.71. The standard InChI is InChI=1S/C17H19N7O/c1-19-16-20-7-5-15(23-16)24-8-6-14(11-24)22-17(25)21-13-4-2-3-12(9-13)10-18/h2-5,7,9,14H,6,8,11H2,1H3,(H,19,20,23)(H2,21,22,25)/t14-/m0/s1. The maximum absolute atomic E-state index is 12.2. The van der Waals surface area contributed by atoms with Crippen molar-refractivity contribution in [2.24, 2.45) is 0 Å². The Morgan fingerprint density at radius 1 is 1.40 bits per heavy atom. The van der Waals surface area contributed by atoms with Gasteiger partial charge in [-0.25, -0.2) is 9.78 Å². The van der Waals surface area contributed by atoms with Crippen LogP contribution in [0.4, 0.5) is 22.2 Å². The molecule has 25 heavy (non-hydrogen) atoms. The molecule has 8 heteroatoms. The molecule has 1 atom stereocenters. The SMILES string of the molecule is CNc1nccc(N2CC[C@H](NC(=O)Nc3cccc(C#N)c3)C2)n1. The minimum absolute atomic E-state index is 0.0344. The average Bonchev–Trinajstić information content (AvgIpc) is 3.10. The first-order chi connectivity index (χ1) is 12.2. The highest BCUT2D eigenvalue weighted by molar-refractivity contribution is 5.89. The molecule has 2 heterocycles. The van der Waals surface area contributed by atoms with Crippen LogP contribution in [0.5, 0.6) is 0 Å². The first kappa shape index (κ1) is 16.5. The summed E-state index contributed by atoms with van der Waals surface area (Å²) in [5.41, 5.74) is 1.11. The van der Waals surface area contributed by atoms with Gasteiger partial charge < -0.3 is 20.9 Å². The van der Waals surface area contributed by atoms with E-state index >= 15 is 0 Å². The molecule has 128 valence electrons. The Hall–Kier alpha value is -3.34. The Bertz CT molecular complexity index is 802. The number of carbonyl (C=O) groups excluding carboxylic acids is 1. The Morgan fingerprint density at radius 3 is 3.08 bits per heavy atom. The zero-order valence-corrected chi connectivity index (χ0v) is 13.9. The Labute approximate surface area is 145 Å². The molecule has 0 saturated carbocycles. The quantitative estimate of drug-likeness (QED) is 0.785. The van der Waals surface area contributed by atoms with Gasteiger partial charge in [-0.05, 0) is 30.7 Å². The van der Waals surface area contributed by atoms with Gasteiger partial charge in [0.2, 0.25) is 5.95 Å². The van der Waals surface area contributed by atoms with E-state index in [0.717, 1.165) is 18.8 Å². The number of nitriles is 1. The topological polar surface area (TPSA) is 106 Å². The van der Waals surface area contributed by atoms with Crippen molar-refractivity contribution >= 4 is 23.5 Å². The molecule has 8 nitrogen and oxygen atoms in total. The van der Waals surface area contributed by atoms with Crippen LogP contribution < -0.4 is 20.9 Å². The molecule has 2 amide bonds. The predicted octanol–water partition coefficient (Wildman–Crippen LogP) is 1.79. The number of nitrogens with zero attached hydrogens (tertiary/aromatic N) is 4. The number of nitrogens with one attached hydrogen (secondary N) is 3. The predicted molar refractivity (Wildman–Crippen MR) is 95.5 cm³/mol. The van der Waals surface area contributed by atoms with Gasteiger partial charge in [-0.3, -0.25) is 0 Å². The molecule has 3 N–H and O–H groups in total. The fourth-order valence-electron chi connectivity index (χ4n) is 2.75. The zero-order chi connectivity index (χ0) is 17.6. The van der Waals surface area contributed by atoms with Crippen molar-refractivity contribution in [1.82, 2.24) is 15.3 Å². The summed E-state index contributed by atoms with van der Waals surface area (Å²) in [6, 6.07) is 10.5. The van der Waals surface area contributed by atoms with E-state index in [4.69, 9.17) is 5.26 Å². The van der Waals surface area contributed by atoms with Crippen molar-refractivity contribution in [3.8, 4) is 6.07 Å². The molecule has 1 aliphatic rings. The highest BCUT2D eigenvalue weighted by Crippen LogP contribution is 2.19. The van der Waals surface area contributed by atoms with E-state index in [-0.39, 0.29) is 12.1 Å². The number of urea groups is 1. The molecule has 1 saturated heterocycles. The highest BCUT2D eigenvalue weighted by Gasteiger charge is 2.25. The van der Waals surface area contributed by atoms with Crippen molar-refractivity contribution in [2.75, 3.05) is 35.7 Å². The van der Waals surface area contributed by atoms with Gasteiger partial charge in [0.05, 0.1) is 11.6 Å². The number of anilines is 3. The smallest absolute Gasteiger partial charge is 0.319 e. The molecule has 0 unspecified atom stereocenters. The van der Waals surface area contributed by atoms with Crippen molar-refractivity contribution in [1.29, 1.82) is 5.26 Å². The summed E-state index contributed by atoms with van der Waals surface area (Å²) in [6.45, 7) is 1.50. The lowest BCUT2D eigenvalue weighted by molar-refractivity contribution is 0.249. The minimum atomic E-state index is -0.277. The van der Waals surface area contributed by atoms with Gasteiger partial charge in [-0.2, -0.15) is 10.2 Å².